The van der Waals surface area contributed by atoms with Crippen LogP contribution in [-0.4, -0.2) is 27.5 Å². The van der Waals surface area contributed by atoms with Crippen LogP contribution in [0.5, 0.6) is 5.75 Å². The van der Waals surface area contributed by atoms with Crippen molar-refractivity contribution in [3.05, 3.63) is 42.5 Å². The number of halogens is 3. The van der Waals surface area contributed by atoms with Crippen LogP contribution in [-0.2, 0) is 9.84 Å². The van der Waals surface area contributed by atoms with Gasteiger partial charge < -0.3 is 10.5 Å². The second kappa shape index (κ2) is 6.11. The lowest BCUT2D eigenvalue weighted by Gasteiger charge is -2.15. The van der Waals surface area contributed by atoms with Crippen LogP contribution in [0.1, 0.15) is 0 Å². The summed E-state index contributed by atoms with van der Waals surface area (Å²) in [5.41, 5.74) is 6.63. The quantitative estimate of drug-likeness (QED) is 0.864. The molecule has 2 aromatic carbocycles. The van der Waals surface area contributed by atoms with E-state index >= 15 is 0 Å². The van der Waals surface area contributed by atoms with Crippen LogP contribution >= 0.6 is 0 Å². The van der Waals surface area contributed by atoms with Gasteiger partial charge in [-0.3, -0.25) is 0 Å². The summed E-state index contributed by atoms with van der Waals surface area (Å²) >= 11 is 0. The molecule has 0 amide bonds. The molecule has 124 valence electrons. The van der Waals surface area contributed by atoms with E-state index < -0.39 is 22.6 Å². The zero-order valence-electron chi connectivity index (χ0n) is 12.1. The summed E-state index contributed by atoms with van der Waals surface area (Å²) in [6.45, 7) is -1.46. The minimum Gasteiger partial charge on any atom is -0.481 e. The molecule has 0 saturated carbocycles. The van der Waals surface area contributed by atoms with Crippen LogP contribution in [0.25, 0.3) is 11.1 Å². The van der Waals surface area contributed by atoms with Crippen molar-refractivity contribution in [3.8, 4) is 16.9 Å². The number of nitrogens with two attached hydrogens (primary N) is 1. The molecule has 0 bridgehead atoms. The normalized spacial score (nSPS) is 12.2. The van der Waals surface area contributed by atoms with E-state index in [4.69, 9.17) is 10.5 Å². The first kappa shape index (κ1) is 17.1. The second-order valence-electron chi connectivity index (χ2n) is 4.92. The van der Waals surface area contributed by atoms with Crippen LogP contribution in [0.3, 0.4) is 0 Å². The largest absolute Gasteiger partial charge is 0.481 e. The van der Waals surface area contributed by atoms with Crippen LogP contribution in [0, 0.1) is 0 Å². The number of anilines is 1. The van der Waals surface area contributed by atoms with E-state index in [9.17, 15) is 21.6 Å². The van der Waals surface area contributed by atoms with E-state index in [1.54, 1.807) is 12.1 Å². The lowest BCUT2D eigenvalue weighted by molar-refractivity contribution is -0.153. The molecule has 0 spiro atoms. The molecule has 0 aliphatic heterocycles. The molecule has 2 N–H and O–H groups in total. The molecule has 0 aliphatic carbocycles. The Hall–Kier alpha value is -2.22. The third-order valence-corrected chi connectivity index (χ3v) is 4.15. The van der Waals surface area contributed by atoms with E-state index in [2.05, 4.69) is 0 Å². The summed E-state index contributed by atoms with van der Waals surface area (Å²) in [6.07, 6.45) is -3.42. The van der Waals surface area contributed by atoms with E-state index in [1.807, 2.05) is 0 Å². The van der Waals surface area contributed by atoms with Gasteiger partial charge in [-0.25, -0.2) is 8.42 Å². The Labute approximate surface area is 131 Å². The molecular formula is C15H14F3NO3S. The predicted octanol–water partition coefficient (Wildman–Crippen LogP) is 3.28. The Morgan fingerprint density at radius 1 is 1.09 bits per heavy atom. The van der Waals surface area contributed by atoms with Crippen molar-refractivity contribution in [2.75, 3.05) is 18.6 Å². The van der Waals surface area contributed by atoms with Gasteiger partial charge in [0.15, 0.2) is 16.4 Å². The Morgan fingerprint density at radius 3 is 2.22 bits per heavy atom. The molecule has 4 nitrogen and oxygen atoms in total. The molecule has 0 unspecified atom stereocenters. The van der Waals surface area contributed by atoms with Crippen LogP contribution in [0.4, 0.5) is 18.9 Å². The molecule has 2 rings (SSSR count). The highest BCUT2D eigenvalue weighted by Crippen LogP contribution is 2.36. The zero-order valence-corrected chi connectivity index (χ0v) is 12.9. The van der Waals surface area contributed by atoms with Crippen LogP contribution in [0.15, 0.2) is 47.4 Å². The number of nitrogen functional groups attached to an aromatic ring is 1. The Balaban J connectivity index is 2.41. The van der Waals surface area contributed by atoms with Crippen molar-refractivity contribution in [1.29, 1.82) is 0 Å². The maximum atomic E-state index is 12.4. The van der Waals surface area contributed by atoms with Gasteiger partial charge in [-0.2, -0.15) is 13.2 Å². The number of hydrogen-bond donors (Lipinski definition) is 1. The lowest BCUT2D eigenvalue weighted by Crippen LogP contribution is -2.20. The van der Waals surface area contributed by atoms with Gasteiger partial charge >= 0.3 is 6.18 Å². The monoisotopic (exact) mass is 345 g/mol. The summed E-state index contributed by atoms with van der Waals surface area (Å²) in [5, 5.41) is 0. The third-order valence-electron chi connectivity index (χ3n) is 3.02. The Bertz CT molecular complexity index is 800. The van der Waals surface area contributed by atoms with Crippen molar-refractivity contribution in [2.24, 2.45) is 0 Å². The molecule has 0 fully saturated rings. The summed E-state index contributed by atoms with van der Waals surface area (Å²) in [6, 6.07) is 10.3. The van der Waals surface area contributed by atoms with E-state index in [1.165, 1.54) is 30.3 Å². The molecule has 8 heteroatoms. The maximum Gasteiger partial charge on any atom is 0.422 e. The van der Waals surface area contributed by atoms with Crippen molar-refractivity contribution in [1.82, 2.24) is 0 Å². The first-order valence-corrected chi connectivity index (χ1v) is 8.35. The summed E-state index contributed by atoms with van der Waals surface area (Å²) in [4.78, 5) is 0.114. The Kier molecular flexibility index (Phi) is 4.56. The average Bonchev–Trinajstić information content (AvgIpc) is 2.44. The molecule has 2 aromatic rings. The minimum atomic E-state index is -4.49. The van der Waals surface area contributed by atoms with Crippen molar-refractivity contribution in [2.45, 2.75) is 11.1 Å². The van der Waals surface area contributed by atoms with E-state index in [-0.39, 0.29) is 16.3 Å². The molecular weight excluding hydrogens is 331 g/mol. The van der Waals surface area contributed by atoms with Gasteiger partial charge in [0.25, 0.3) is 0 Å². The molecule has 0 aliphatic rings. The number of ether oxygens (including phenoxy) is 1. The van der Waals surface area contributed by atoms with Crippen molar-refractivity contribution >= 4 is 15.5 Å². The minimum absolute atomic E-state index is 0.0685. The molecule has 23 heavy (non-hydrogen) atoms. The van der Waals surface area contributed by atoms with Gasteiger partial charge in [-0.1, -0.05) is 24.3 Å². The van der Waals surface area contributed by atoms with Gasteiger partial charge in [0.05, 0.1) is 10.6 Å². The number of rotatable bonds is 4. The number of para-hydroxylation sites is 1. The van der Waals surface area contributed by atoms with E-state index in [0.29, 0.717) is 11.1 Å². The van der Waals surface area contributed by atoms with Gasteiger partial charge in [0, 0.05) is 11.8 Å². The average molecular weight is 345 g/mol. The fourth-order valence-electron chi connectivity index (χ4n) is 1.98. The first-order valence-electron chi connectivity index (χ1n) is 6.46. The van der Waals surface area contributed by atoms with Gasteiger partial charge in [0.1, 0.15) is 5.75 Å². The summed E-state index contributed by atoms with van der Waals surface area (Å²) < 4.78 is 64.8. The predicted molar refractivity (Wildman–Crippen MR) is 81.0 cm³/mol. The summed E-state index contributed by atoms with van der Waals surface area (Å²) in [5.74, 6) is -0.0862. The fraction of sp³-hybridized carbons (Fsp3) is 0.200. The van der Waals surface area contributed by atoms with Crippen molar-refractivity contribution in [3.63, 3.8) is 0 Å². The highest BCUT2D eigenvalue weighted by Gasteiger charge is 2.29. The zero-order chi connectivity index (χ0) is 17.3. The molecule has 0 saturated heterocycles. The third kappa shape index (κ3) is 4.38. The molecule has 0 radical (unpaired) electrons. The maximum absolute atomic E-state index is 12.4. The number of hydrogen-bond acceptors (Lipinski definition) is 4. The van der Waals surface area contributed by atoms with Gasteiger partial charge in [-0.15, -0.1) is 0 Å². The van der Waals surface area contributed by atoms with Crippen LogP contribution in [0.2, 0.25) is 0 Å². The fourth-order valence-corrected chi connectivity index (χ4v) is 2.61. The molecule has 0 atom stereocenters. The smallest absolute Gasteiger partial charge is 0.422 e. The van der Waals surface area contributed by atoms with Crippen LogP contribution < -0.4 is 10.5 Å². The standard InChI is InChI=1S/C15H14F3NO3S/c1-23(20,21)11-7-5-10(6-8-11)12-3-2-4-13(19)14(12)22-9-15(16,17)18/h2-8H,9,19H2,1H3. The van der Waals surface area contributed by atoms with Gasteiger partial charge in [0.2, 0.25) is 0 Å². The van der Waals surface area contributed by atoms with E-state index in [0.717, 1.165) is 6.26 Å². The molecule has 0 heterocycles. The highest BCUT2D eigenvalue weighted by molar-refractivity contribution is 7.90. The number of sulfone groups is 1. The Morgan fingerprint density at radius 2 is 1.70 bits per heavy atom. The number of benzene rings is 2. The summed E-state index contributed by atoms with van der Waals surface area (Å²) in [7, 11) is -3.35. The first-order chi connectivity index (χ1) is 10.6. The molecule has 0 aromatic heterocycles. The SMILES string of the molecule is CS(=O)(=O)c1ccc(-c2cccc(N)c2OCC(F)(F)F)cc1. The van der Waals surface area contributed by atoms with Crippen molar-refractivity contribution < 1.29 is 26.3 Å². The lowest BCUT2D eigenvalue weighted by atomic mass is 10.0. The second-order valence-corrected chi connectivity index (χ2v) is 6.94. The topological polar surface area (TPSA) is 69.4 Å². The highest BCUT2D eigenvalue weighted by atomic mass is 32.2. The number of alkyl halides is 3. The van der Waals surface area contributed by atoms with Gasteiger partial charge in [-0.05, 0) is 23.8 Å².